The Morgan fingerprint density at radius 2 is 2.29 bits per heavy atom. The van der Waals surface area contributed by atoms with Crippen LogP contribution in [0, 0.1) is 11.7 Å². The molecule has 0 saturated carbocycles. The third kappa shape index (κ3) is 3.17. The minimum Gasteiger partial charge on any atom is -0.316 e. The van der Waals surface area contributed by atoms with E-state index in [0.717, 1.165) is 19.4 Å². The highest BCUT2D eigenvalue weighted by Gasteiger charge is 2.25. The first-order valence-corrected chi connectivity index (χ1v) is 6.34. The van der Waals surface area contributed by atoms with Crippen LogP contribution in [0.2, 0.25) is 5.02 Å². The van der Waals surface area contributed by atoms with Crippen molar-refractivity contribution in [2.75, 3.05) is 13.1 Å². The molecule has 2 atom stereocenters. The lowest BCUT2D eigenvalue weighted by atomic mass is 9.91. The molecule has 1 heterocycles. The predicted octanol–water partition coefficient (Wildman–Crippen LogP) is 3.36. The predicted molar refractivity (Wildman–Crippen MR) is 65.6 cm³/mol. The van der Waals surface area contributed by atoms with Gasteiger partial charge in [0.15, 0.2) is 0 Å². The Morgan fingerprint density at radius 3 is 2.94 bits per heavy atom. The SMILES string of the molecule is Fc1cccc(Cl)c1CC(F)C1CCCNC1. The minimum atomic E-state index is -1.03. The largest absolute Gasteiger partial charge is 0.316 e. The summed E-state index contributed by atoms with van der Waals surface area (Å²) in [6.45, 7) is 1.62. The van der Waals surface area contributed by atoms with Crippen LogP contribution >= 0.6 is 11.6 Å². The van der Waals surface area contributed by atoms with E-state index < -0.39 is 12.0 Å². The van der Waals surface area contributed by atoms with E-state index in [9.17, 15) is 8.78 Å². The summed E-state index contributed by atoms with van der Waals surface area (Å²) >= 11 is 5.89. The van der Waals surface area contributed by atoms with Crippen molar-refractivity contribution in [2.45, 2.75) is 25.4 Å². The average Bonchev–Trinajstić information content (AvgIpc) is 2.35. The van der Waals surface area contributed by atoms with Crippen LogP contribution in [0.5, 0.6) is 0 Å². The van der Waals surface area contributed by atoms with E-state index in [-0.39, 0.29) is 12.3 Å². The van der Waals surface area contributed by atoms with Crippen molar-refractivity contribution in [3.63, 3.8) is 0 Å². The van der Waals surface area contributed by atoms with E-state index in [0.29, 0.717) is 17.1 Å². The first-order chi connectivity index (χ1) is 8.18. The van der Waals surface area contributed by atoms with Crippen molar-refractivity contribution in [3.05, 3.63) is 34.6 Å². The maximum Gasteiger partial charge on any atom is 0.127 e. The van der Waals surface area contributed by atoms with E-state index in [4.69, 9.17) is 11.6 Å². The normalized spacial score (nSPS) is 22.4. The molecular formula is C13H16ClF2N. The number of nitrogens with one attached hydrogen (secondary N) is 1. The number of halogens is 3. The topological polar surface area (TPSA) is 12.0 Å². The summed E-state index contributed by atoms with van der Waals surface area (Å²) in [5.41, 5.74) is 0.298. The summed E-state index contributed by atoms with van der Waals surface area (Å²) in [5.74, 6) is -0.441. The van der Waals surface area contributed by atoms with Gasteiger partial charge in [0.1, 0.15) is 12.0 Å². The summed E-state index contributed by atoms with van der Waals surface area (Å²) < 4.78 is 27.6. The number of rotatable bonds is 3. The molecule has 1 fully saturated rings. The molecule has 1 aliphatic heterocycles. The fraction of sp³-hybridized carbons (Fsp3) is 0.538. The van der Waals surface area contributed by atoms with Gasteiger partial charge in [0, 0.05) is 29.5 Å². The molecule has 4 heteroatoms. The van der Waals surface area contributed by atoms with Gasteiger partial charge in [0.2, 0.25) is 0 Å². The Bertz CT molecular complexity index is 357. The van der Waals surface area contributed by atoms with Crippen LogP contribution in [-0.4, -0.2) is 19.3 Å². The smallest absolute Gasteiger partial charge is 0.127 e. The molecule has 0 amide bonds. The Hall–Kier alpha value is -0.670. The first kappa shape index (κ1) is 12.8. The quantitative estimate of drug-likeness (QED) is 0.878. The lowest BCUT2D eigenvalue weighted by molar-refractivity contribution is 0.190. The highest BCUT2D eigenvalue weighted by molar-refractivity contribution is 6.31. The van der Waals surface area contributed by atoms with Crippen molar-refractivity contribution >= 4 is 11.6 Å². The van der Waals surface area contributed by atoms with E-state index in [1.807, 2.05) is 0 Å². The van der Waals surface area contributed by atoms with Crippen molar-refractivity contribution in [2.24, 2.45) is 5.92 Å². The Kier molecular flexibility index (Phi) is 4.35. The summed E-state index contributed by atoms with van der Waals surface area (Å²) in [6.07, 6.45) is 0.881. The van der Waals surface area contributed by atoms with Crippen molar-refractivity contribution < 1.29 is 8.78 Å². The molecule has 0 aromatic heterocycles. The van der Waals surface area contributed by atoms with Gasteiger partial charge in [0.05, 0.1) is 0 Å². The standard InChI is InChI=1S/C13H16ClF2N/c14-11-4-1-5-12(15)10(11)7-13(16)9-3-2-6-17-8-9/h1,4-5,9,13,17H,2-3,6-8H2. The molecule has 1 nitrogen and oxygen atoms in total. The van der Waals surface area contributed by atoms with Crippen molar-refractivity contribution in [1.82, 2.24) is 5.32 Å². The zero-order valence-electron chi connectivity index (χ0n) is 9.56. The van der Waals surface area contributed by atoms with Gasteiger partial charge >= 0.3 is 0 Å². The second-order valence-electron chi connectivity index (χ2n) is 4.53. The fourth-order valence-electron chi connectivity index (χ4n) is 2.28. The Morgan fingerprint density at radius 1 is 1.47 bits per heavy atom. The van der Waals surface area contributed by atoms with Gasteiger partial charge in [-0.3, -0.25) is 0 Å². The monoisotopic (exact) mass is 259 g/mol. The zero-order chi connectivity index (χ0) is 12.3. The average molecular weight is 260 g/mol. The van der Waals surface area contributed by atoms with Crippen LogP contribution in [0.15, 0.2) is 18.2 Å². The molecular weight excluding hydrogens is 244 g/mol. The number of benzene rings is 1. The molecule has 1 N–H and O–H groups in total. The molecule has 2 rings (SSSR count). The first-order valence-electron chi connectivity index (χ1n) is 5.96. The number of piperidine rings is 1. The second-order valence-corrected chi connectivity index (χ2v) is 4.93. The highest BCUT2D eigenvalue weighted by Crippen LogP contribution is 2.26. The van der Waals surface area contributed by atoms with Crippen LogP contribution in [0.1, 0.15) is 18.4 Å². The Balaban J connectivity index is 2.04. The molecule has 2 unspecified atom stereocenters. The molecule has 0 spiro atoms. The van der Waals surface area contributed by atoms with Gasteiger partial charge in [-0.1, -0.05) is 17.7 Å². The van der Waals surface area contributed by atoms with Crippen LogP contribution in [-0.2, 0) is 6.42 Å². The fourth-order valence-corrected chi connectivity index (χ4v) is 2.52. The van der Waals surface area contributed by atoms with Crippen molar-refractivity contribution in [3.8, 4) is 0 Å². The van der Waals surface area contributed by atoms with E-state index in [1.54, 1.807) is 6.07 Å². The molecule has 1 aromatic rings. The maximum absolute atomic E-state index is 14.1. The van der Waals surface area contributed by atoms with Gasteiger partial charge in [-0.2, -0.15) is 0 Å². The van der Waals surface area contributed by atoms with E-state index in [2.05, 4.69) is 5.32 Å². The number of alkyl halides is 1. The second kappa shape index (κ2) is 5.78. The number of hydrogen-bond acceptors (Lipinski definition) is 1. The van der Waals surface area contributed by atoms with Crippen LogP contribution in [0.4, 0.5) is 8.78 Å². The van der Waals surface area contributed by atoms with Crippen LogP contribution < -0.4 is 5.32 Å². The van der Waals surface area contributed by atoms with Gasteiger partial charge in [-0.15, -0.1) is 0 Å². The van der Waals surface area contributed by atoms with Gasteiger partial charge in [-0.05, 0) is 31.5 Å². The highest BCUT2D eigenvalue weighted by atomic mass is 35.5. The lowest BCUT2D eigenvalue weighted by Crippen LogP contribution is -2.36. The maximum atomic E-state index is 14.1. The third-order valence-corrected chi connectivity index (χ3v) is 3.66. The van der Waals surface area contributed by atoms with Gasteiger partial charge < -0.3 is 5.32 Å². The van der Waals surface area contributed by atoms with E-state index >= 15 is 0 Å². The molecule has 1 saturated heterocycles. The molecule has 1 aliphatic rings. The molecule has 0 aliphatic carbocycles. The number of hydrogen-bond donors (Lipinski definition) is 1. The molecule has 0 bridgehead atoms. The Labute approximate surface area is 105 Å². The molecule has 17 heavy (non-hydrogen) atoms. The third-order valence-electron chi connectivity index (χ3n) is 3.31. The van der Waals surface area contributed by atoms with Crippen LogP contribution in [0.3, 0.4) is 0 Å². The summed E-state index contributed by atoms with van der Waals surface area (Å²) in [7, 11) is 0. The van der Waals surface area contributed by atoms with Crippen molar-refractivity contribution in [1.29, 1.82) is 0 Å². The summed E-state index contributed by atoms with van der Waals surface area (Å²) in [6, 6.07) is 4.47. The zero-order valence-corrected chi connectivity index (χ0v) is 10.3. The summed E-state index contributed by atoms with van der Waals surface area (Å²) in [4.78, 5) is 0. The minimum absolute atomic E-state index is 0.0283. The molecule has 0 radical (unpaired) electrons. The van der Waals surface area contributed by atoms with Gasteiger partial charge in [0.25, 0.3) is 0 Å². The van der Waals surface area contributed by atoms with Crippen LogP contribution in [0.25, 0.3) is 0 Å². The lowest BCUT2D eigenvalue weighted by Gasteiger charge is -2.26. The molecule has 94 valence electrons. The van der Waals surface area contributed by atoms with E-state index in [1.165, 1.54) is 12.1 Å². The van der Waals surface area contributed by atoms with Gasteiger partial charge in [-0.25, -0.2) is 8.78 Å². The molecule has 1 aromatic carbocycles. The summed E-state index contributed by atoms with van der Waals surface area (Å²) in [5, 5.41) is 3.48.